The lowest BCUT2D eigenvalue weighted by Gasteiger charge is -2.23. The van der Waals surface area contributed by atoms with Gasteiger partial charge in [0.1, 0.15) is 5.84 Å². The standard InChI is InChI=1S/C18H18N4O2/c1-12(23)20-17-11-16(13-7-9-14(10-8-13)18(19)24)22(21-17)15-5-3-2-4-6-15/h2-10,16H,11H2,1H3,(H2,19,24)(H,20,21,23). The minimum absolute atomic E-state index is 0.0591. The second-order valence-electron chi connectivity index (χ2n) is 5.61. The predicted molar refractivity (Wildman–Crippen MR) is 92.5 cm³/mol. The molecule has 0 fully saturated rings. The van der Waals surface area contributed by atoms with Crippen LogP contribution in [0.2, 0.25) is 0 Å². The number of hydrogen-bond donors (Lipinski definition) is 2. The quantitative estimate of drug-likeness (QED) is 0.908. The molecule has 24 heavy (non-hydrogen) atoms. The van der Waals surface area contributed by atoms with Crippen LogP contribution in [0.15, 0.2) is 59.7 Å². The number of hydrazone groups is 1. The van der Waals surface area contributed by atoms with Crippen LogP contribution in [0.3, 0.4) is 0 Å². The van der Waals surface area contributed by atoms with Crippen molar-refractivity contribution < 1.29 is 9.59 Å². The fourth-order valence-corrected chi connectivity index (χ4v) is 2.74. The molecule has 2 aromatic rings. The second-order valence-corrected chi connectivity index (χ2v) is 5.61. The number of amidine groups is 1. The van der Waals surface area contributed by atoms with E-state index >= 15 is 0 Å². The Kier molecular flexibility index (Phi) is 4.29. The van der Waals surface area contributed by atoms with Crippen molar-refractivity contribution in [2.75, 3.05) is 5.01 Å². The van der Waals surface area contributed by atoms with Crippen LogP contribution in [0, 0.1) is 0 Å². The molecular weight excluding hydrogens is 304 g/mol. The molecule has 1 heterocycles. The second kappa shape index (κ2) is 6.54. The van der Waals surface area contributed by atoms with Gasteiger partial charge in [0.2, 0.25) is 11.8 Å². The monoisotopic (exact) mass is 322 g/mol. The first-order chi connectivity index (χ1) is 11.5. The van der Waals surface area contributed by atoms with E-state index < -0.39 is 5.91 Å². The summed E-state index contributed by atoms with van der Waals surface area (Å²) in [5, 5.41) is 9.19. The summed E-state index contributed by atoms with van der Waals surface area (Å²) >= 11 is 0. The smallest absolute Gasteiger partial charge is 0.248 e. The van der Waals surface area contributed by atoms with Crippen molar-refractivity contribution in [2.24, 2.45) is 10.8 Å². The van der Waals surface area contributed by atoms with Gasteiger partial charge in [0.05, 0.1) is 11.7 Å². The van der Waals surface area contributed by atoms with E-state index in [4.69, 9.17) is 5.73 Å². The molecule has 6 nitrogen and oxygen atoms in total. The van der Waals surface area contributed by atoms with Crippen LogP contribution in [0.25, 0.3) is 0 Å². The third-order valence-electron chi connectivity index (χ3n) is 3.83. The van der Waals surface area contributed by atoms with Crippen LogP contribution in [-0.2, 0) is 4.79 Å². The van der Waals surface area contributed by atoms with Crippen LogP contribution in [0.5, 0.6) is 0 Å². The molecule has 1 aliphatic rings. The summed E-state index contributed by atoms with van der Waals surface area (Å²) in [7, 11) is 0. The molecule has 0 aliphatic carbocycles. The Hall–Kier alpha value is -3.15. The molecule has 6 heteroatoms. The molecule has 1 unspecified atom stereocenters. The number of nitrogens with one attached hydrogen (secondary N) is 1. The fourth-order valence-electron chi connectivity index (χ4n) is 2.74. The zero-order chi connectivity index (χ0) is 17.1. The number of primary amides is 1. The molecule has 1 aliphatic heterocycles. The Bertz CT molecular complexity index is 784. The van der Waals surface area contributed by atoms with Crippen LogP contribution in [0.4, 0.5) is 5.69 Å². The van der Waals surface area contributed by atoms with Crippen molar-refractivity contribution in [3.8, 4) is 0 Å². The topological polar surface area (TPSA) is 87.8 Å². The average molecular weight is 322 g/mol. The Morgan fingerprint density at radius 3 is 2.38 bits per heavy atom. The molecule has 0 radical (unpaired) electrons. The third kappa shape index (κ3) is 3.27. The van der Waals surface area contributed by atoms with Gasteiger partial charge in [-0.3, -0.25) is 14.6 Å². The predicted octanol–water partition coefficient (Wildman–Crippen LogP) is 2.19. The molecule has 2 amide bonds. The van der Waals surface area contributed by atoms with Crippen LogP contribution >= 0.6 is 0 Å². The maximum atomic E-state index is 11.3. The van der Waals surface area contributed by atoms with Crippen LogP contribution in [-0.4, -0.2) is 17.6 Å². The van der Waals surface area contributed by atoms with Crippen molar-refractivity contribution >= 4 is 23.3 Å². The highest BCUT2D eigenvalue weighted by Gasteiger charge is 2.29. The first kappa shape index (κ1) is 15.7. The van der Waals surface area contributed by atoms with Gasteiger partial charge in [-0.05, 0) is 29.8 Å². The Morgan fingerprint density at radius 1 is 1.12 bits per heavy atom. The number of carbonyl (C=O) groups excluding carboxylic acids is 2. The molecule has 0 aromatic heterocycles. The number of nitrogens with zero attached hydrogens (tertiary/aromatic N) is 2. The van der Waals surface area contributed by atoms with Crippen molar-refractivity contribution in [1.82, 2.24) is 5.32 Å². The highest BCUT2D eigenvalue weighted by Crippen LogP contribution is 2.34. The normalized spacial score (nSPS) is 16.6. The van der Waals surface area contributed by atoms with Crippen LogP contribution in [0.1, 0.15) is 35.3 Å². The lowest BCUT2D eigenvalue weighted by atomic mass is 10.0. The lowest BCUT2D eigenvalue weighted by molar-refractivity contribution is -0.117. The molecule has 1 atom stereocenters. The van der Waals surface area contributed by atoms with E-state index in [1.807, 2.05) is 47.5 Å². The third-order valence-corrected chi connectivity index (χ3v) is 3.83. The van der Waals surface area contributed by atoms with Gasteiger partial charge in [-0.25, -0.2) is 0 Å². The Morgan fingerprint density at radius 2 is 1.79 bits per heavy atom. The highest BCUT2D eigenvalue weighted by molar-refractivity contribution is 5.99. The minimum Gasteiger partial charge on any atom is -0.366 e. The van der Waals surface area contributed by atoms with E-state index in [9.17, 15) is 9.59 Å². The number of nitrogens with two attached hydrogens (primary N) is 1. The van der Waals surface area contributed by atoms with Gasteiger partial charge in [0.25, 0.3) is 0 Å². The minimum atomic E-state index is -0.455. The molecule has 3 rings (SSSR count). The van der Waals surface area contributed by atoms with Crippen molar-refractivity contribution in [2.45, 2.75) is 19.4 Å². The lowest BCUT2D eigenvalue weighted by Crippen LogP contribution is -2.26. The first-order valence-corrected chi connectivity index (χ1v) is 7.63. The number of carbonyl (C=O) groups is 2. The summed E-state index contributed by atoms with van der Waals surface area (Å²) in [6, 6.07) is 16.8. The van der Waals surface area contributed by atoms with Gasteiger partial charge in [0, 0.05) is 18.9 Å². The summed E-state index contributed by atoms with van der Waals surface area (Å²) < 4.78 is 0. The summed E-state index contributed by atoms with van der Waals surface area (Å²) in [6.07, 6.45) is 0.574. The Labute approximate surface area is 140 Å². The van der Waals surface area contributed by atoms with E-state index in [0.29, 0.717) is 17.8 Å². The summed E-state index contributed by atoms with van der Waals surface area (Å²) in [5.74, 6) is 0.0184. The van der Waals surface area contributed by atoms with E-state index in [-0.39, 0.29) is 11.9 Å². The number of amides is 2. The number of benzene rings is 2. The van der Waals surface area contributed by atoms with Crippen molar-refractivity contribution in [1.29, 1.82) is 0 Å². The zero-order valence-corrected chi connectivity index (χ0v) is 13.3. The summed E-state index contributed by atoms with van der Waals surface area (Å²) in [4.78, 5) is 22.6. The first-order valence-electron chi connectivity index (χ1n) is 7.63. The molecule has 0 saturated heterocycles. The van der Waals surface area contributed by atoms with E-state index in [0.717, 1.165) is 11.3 Å². The van der Waals surface area contributed by atoms with Crippen LogP contribution < -0.4 is 16.1 Å². The maximum Gasteiger partial charge on any atom is 0.248 e. The van der Waals surface area contributed by atoms with E-state index in [1.165, 1.54) is 6.92 Å². The molecule has 0 bridgehead atoms. The molecule has 3 N–H and O–H groups in total. The molecule has 0 saturated carbocycles. The van der Waals surface area contributed by atoms with Gasteiger partial charge in [-0.2, -0.15) is 5.10 Å². The van der Waals surface area contributed by atoms with E-state index in [2.05, 4.69) is 10.4 Å². The van der Waals surface area contributed by atoms with Gasteiger partial charge in [-0.1, -0.05) is 30.3 Å². The fraction of sp³-hybridized carbons (Fsp3) is 0.167. The molecule has 0 spiro atoms. The number of anilines is 1. The maximum absolute atomic E-state index is 11.3. The number of rotatable bonds is 3. The Balaban J connectivity index is 1.93. The van der Waals surface area contributed by atoms with Crippen molar-refractivity contribution in [3.05, 3.63) is 65.7 Å². The van der Waals surface area contributed by atoms with Gasteiger partial charge in [0.15, 0.2) is 0 Å². The average Bonchev–Trinajstić information content (AvgIpc) is 2.99. The largest absolute Gasteiger partial charge is 0.366 e. The van der Waals surface area contributed by atoms with Gasteiger partial charge >= 0.3 is 0 Å². The van der Waals surface area contributed by atoms with Gasteiger partial charge in [-0.15, -0.1) is 0 Å². The number of hydrogen-bond acceptors (Lipinski definition) is 4. The molecule has 122 valence electrons. The molecule has 2 aromatic carbocycles. The molecular formula is C18H18N4O2. The summed E-state index contributed by atoms with van der Waals surface area (Å²) in [6.45, 7) is 1.46. The van der Waals surface area contributed by atoms with E-state index in [1.54, 1.807) is 12.1 Å². The highest BCUT2D eigenvalue weighted by atomic mass is 16.1. The zero-order valence-electron chi connectivity index (χ0n) is 13.3. The number of para-hydroxylation sites is 1. The van der Waals surface area contributed by atoms with Gasteiger partial charge < -0.3 is 11.1 Å². The summed E-state index contributed by atoms with van der Waals surface area (Å²) in [5.41, 5.74) is 7.68. The van der Waals surface area contributed by atoms with Crippen molar-refractivity contribution in [3.63, 3.8) is 0 Å². The SMILES string of the molecule is CC(=O)NC1=NN(c2ccccc2)C(c2ccc(C(N)=O)cc2)C1.